The molecule has 0 bridgehead atoms. The number of carbonyl (C=O) groups is 2. The summed E-state index contributed by atoms with van der Waals surface area (Å²) in [6, 6.07) is 14.7. The number of nitrogens with zero attached hydrogens (tertiary/aromatic N) is 1. The van der Waals surface area contributed by atoms with Crippen LogP contribution in [-0.4, -0.2) is 44.0 Å². The first-order valence-corrected chi connectivity index (χ1v) is 10.7. The first-order valence-electron chi connectivity index (χ1n) is 9.21. The third-order valence-electron chi connectivity index (χ3n) is 5.17. The maximum atomic E-state index is 13.3. The van der Waals surface area contributed by atoms with Crippen LogP contribution in [0.3, 0.4) is 0 Å². The van der Waals surface area contributed by atoms with Gasteiger partial charge in [-0.15, -0.1) is 0 Å². The molecule has 0 aromatic heterocycles. The molecule has 0 spiro atoms. The second-order valence-electron chi connectivity index (χ2n) is 7.25. The molecule has 1 aliphatic rings. The van der Waals surface area contributed by atoms with Crippen LogP contribution in [0.2, 0.25) is 0 Å². The number of nitrogens with one attached hydrogen (secondary N) is 1. The Morgan fingerprint density at radius 1 is 0.964 bits per heavy atom. The van der Waals surface area contributed by atoms with Crippen molar-refractivity contribution in [3.63, 3.8) is 0 Å². The molecule has 0 atom stereocenters. The quantitative estimate of drug-likeness (QED) is 0.836. The smallest absolute Gasteiger partial charge is 0.253 e. The topological polar surface area (TPSA) is 83.6 Å². The number of benzene rings is 2. The van der Waals surface area contributed by atoms with E-state index in [1.807, 2.05) is 0 Å². The largest absolute Gasteiger partial charge is 0.345 e. The number of rotatable bonds is 5. The molecular weight excluding hydrogens is 376 g/mol. The molecular formula is C21H24N2O4S. The molecule has 1 N–H and O–H groups in total. The van der Waals surface area contributed by atoms with Crippen LogP contribution in [0.1, 0.15) is 36.0 Å². The first kappa shape index (κ1) is 20.1. The Morgan fingerprint density at radius 3 is 2.21 bits per heavy atom. The Morgan fingerprint density at radius 2 is 1.61 bits per heavy atom. The van der Waals surface area contributed by atoms with Gasteiger partial charge in [-0.25, -0.2) is 8.42 Å². The van der Waals surface area contributed by atoms with Crippen LogP contribution >= 0.6 is 0 Å². The van der Waals surface area contributed by atoms with Gasteiger partial charge in [0.25, 0.3) is 5.91 Å². The first-order chi connectivity index (χ1) is 13.3. The third-order valence-corrected chi connectivity index (χ3v) is 7.68. The van der Waals surface area contributed by atoms with Crippen molar-refractivity contribution in [3.8, 4) is 0 Å². The highest BCUT2D eigenvalue weighted by Crippen LogP contribution is 2.41. The normalized spacial score (nSPS) is 15.8. The standard InChI is InChI=1S/C21H24N2O4S/c1-23(2)19(24)16-9-8-10-17(15-16)22-20(25)21(13-6-7-14-21)28(26,27)18-11-4-3-5-12-18/h3-5,8-12,15H,6-7,13-14H2,1-2H3,(H,22,25). The molecule has 148 valence electrons. The van der Waals surface area contributed by atoms with Gasteiger partial charge in [-0.2, -0.15) is 0 Å². The summed E-state index contributed by atoms with van der Waals surface area (Å²) in [6.07, 6.45) is 1.93. The minimum Gasteiger partial charge on any atom is -0.345 e. The minimum atomic E-state index is -3.85. The van der Waals surface area contributed by atoms with Gasteiger partial charge in [-0.05, 0) is 43.2 Å². The van der Waals surface area contributed by atoms with Crippen molar-refractivity contribution >= 4 is 27.3 Å². The average Bonchev–Trinajstić information content (AvgIpc) is 3.20. The number of hydrogen-bond acceptors (Lipinski definition) is 4. The maximum absolute atomic E-state index is 13.3. The zero-order valence-electron chi connectivity index (χ0n) is 16.0. The predicted octanol–water partition coefficient (Wildman–Crippen LogP) is 3.11. The van der Waals surface area contributed by atoms with Crippen LogP contribution in [0, 0.1) is 0 Å². The van der Waals surface area contributed by atoms with Crippen molar-refractivity contribution in [2.75, 3.05) is 19.4 Å². The lowest BCUT2D eigenvalue weighted by molar-refractivity contribution is -0.118. The Kier molecular flexibility index (Phi) is 5.56. The van der Waals surface area contributed by atoms with Crippen molar-refractivity contribution in [2.45, 2.75) is 35.3 Å². The highest BCUT2D eigenvalue weighted by Gasteiger charge is 2.52. The Hall–Kier alpha value is -2.67. The second-order valence-corrected chi connectivity index (χ2v) is 9.51. The van der Waals surface area contributed by atoms with Crippen LogP contribution in [0.4, 0.5) is 5.69 Å². The molecule has 0 unspecified atom stereocenters. The molecule has 2 aromatic rings. The molecule has 0 radical (unpaired) electrons. The van der Waals surface area contributed by atoms with E-state index in [1.54, 1.807) is 56.6 Å². The van der Waals surface area contributed by atoms with Crippen LogP contribution in [-0.2, 0) is 14.6 Å². The van der Waals surface area contributed by atoms with Gasteiger partial charge >= 0.3 is 0 Å². The summed E-state index contributed by atoms with van der Waals surface area (Å²) < 4.78 is 25.2. The number of carbonyl (C=O) groups excluding carboxylic acids is 2. The Labute approximate surface area is 165 Å². The molecule has 0 saturated heterocycles. The molecule has 1 aliphatic carbocycles. The zero-order chi connectivity index (χ0) is 20.4. The van der Waals surface area contributed by atoms with Crippen LogP contribution in [0.5, 0.6) is 0 Å². The van der Waals surface area contributed by atoms with E-state index in [1.165, 1.54) is 17.0 Å². The van der Waals surface area contributed by atoms with Gasteiger partial charge in [0.15, 0.2) is 14.6 Å². The van der Waals surface area contributed by atoms with E-state index in [2.05, 4.69) is 5.32 Å². The second kappa shape index (κ2) is 7.75. The summed E-state index contributed by atoms with van der Waals surface area (Å²) in [5.41, 5.74) is 0.835. The van der Waals surface area contributed by atoms with Gasteiger partial charge in [0.05, 0.1) is 4.90 Å². The van der Waals surface area contributed by atoms with Crippen molar-refractivity contribution < 1.29 is 18.0 Å². The lowest BCUT2D eigenvalue weighted by Crippen LogP contribution is -2.47. The van der Waals surface area contributed by atoms with Crippen molar-refractivity contribution in [2.24, 2.45) is 0 Å². The fraction of sp³-hybridized carbons (Fsp3) is 0.333. The number of hydrogen-bond donors (Lipinski definition) is 1. The summed E-state index contributed by atoms with van der Waals surface area (Å²) in [7, 11) is -0.554. The summed E-state index contributed by atoms with van der Waals surface area (Å²) in [5.74, 6) is -0.730. The van der Waals surface area contributed by atoms with E-state index in [0.717, 1.165) is 0 Å². The number of sulfone groups is 1. The highest BCUT2D eigenvalue weighted by atomic mass is 32.2. The van der Waals surface area contributed by atoms with Gasteiger partial charge in [0, 0.05) is 25.3 Å². The summed E-state index contributed by atoms with van der Waals surface area (Å²) in [6.45, 7) is 0. The van der Waals surface area contributed by atoms with E-state index in [0.29, 0.717) is 24.1 Å². The molecule has 1 saturated carbocycles. The molecule has 28 heavy (non-hydrogen) atoms. The molecule has 1 fully saturated rings. The van der Waals surface area contributed by atoms with E-state index >= 15 is 0 Å². The number of amides is 2. The Bertz CT molecular complexity index is 978. The van der Waals surface area contributed by atoms with Crippen LogP contribution in [0.15, 0.2) is 59.5 Å². The third kappa shape index (κ3) is 3.54. The minimum absolute atomic E-state index is 0.156. The molecule has 3 rings (SSSR count). The van der Waals surface area contributed by atoms with Crippen LogP contribution in [0.25, 0.3) is 0 Å². The molecule has 0 aliphatic heterocycles. The molecule has 2 amide bonds. The molecule has 7 heteroatoms. The SMILES string of the molecule is CN(C)C(=O)c1cccc(NC(=O)C2(S(=O)(=O)c3ccccc3)CCCC2)c1. The zero-order valence-corrected chi connectivity index (χ0v) is 16.8. The highest BCUT2D eigenvalue weighted by molar-refractivity contribution is 7.93. The van der Waals surface area contributed by atoms with E-state index in [9.17, 15) is 18.0 Å². The van der Waals surface area contributed by atoms with Gasteiger partial charge in [0.1, 0.15) is 0 Å². The summed E-state index contributed by atoms with van der Waals surface area (Å²) in [5, 5.41) is 2.75. The van der Waals surface area contributed by atoms with Gasteiger partial charge in [0.2, 0.25) is 5.91 Å². The average molecular weight is 401 g/mol. The van der Waals surface area contributed by atoms with Crippen molar-refractivity contribution in [3.05, 3.63) is 60.2 Å². The maximum Gasteiger partial charge on any atom is 0.253 e. The lowest BCUT2D eigenvalue weighted by atomic mass is 10.1. The Balaban J connectivity index is 1.93. The number of anilines is 1. The van der Waals surface area contributed by atoms with Crippen LogP contribution < -0.4 is 5.32 Å². The fourth-order valence-electron chi connectivity index (χ4n) is 3.62. The van der Waals surface area contributed by atoms with Gasteiger partial charge in [-0.3, -0.25) is 9.59 Å². The van der Waals surface area contributed by atoms with Crippen molar-refractivity contribution in [1.82, 2.24) is 4.90 Å². The molecule has 0 heterocycles. The van der Waals surface area contributed by atoms with E-state index < -0.39 is 20.5 Å². The van der Waals surface area contributed by atoms with Crippen molar-refractivity contribution in [1.29, 1.82) is 0 Å². The van der Waals surface area contributed by atoms with Gasteiger partial charge < -0.3 is 10.2 Å². The van der Waals surface area contributed by atoms with E-state index in [4.69, 9.17) is 0 Å². The lowest BCUT2D eigenvalue weighted by Gasteiger charge is -2.27. The van der Waals surface area contributed by atoms with Gasteiger partial charge in [-0.1, -0.05) is 37.1 Å². The molecule has 6 nitrogen and oxygen atoms in total. The monoisotopic (exact) mass is 400 g/mol. The summed E-state index contributed by atoms with van der Waals surface area (Å²) >= 11 is 0. The summed E-state index contributed by atoms with van der Waals surface area (Å²) in [4.78, 5) is 26.9. The molecule has 2 aromatic carbocycles. The fourth-order valence-corrected chi connectivity index (χ4v) is 5.71. The van der Waals surface area contributed by atoms with E-state index in [-0.39, 0.29) is 23.6 Å². The predicted molar refractivity (Wildman–Crippen MR) is 108 cm³/mol.